The van der Waals surface area contributed by atoms with Crippen LogP contribution < -0.4 is 5.32 Å². The summed E-state index contributed by atoms with van der Waals surface area (Å²) in [4.78, 5) is 13.8. The quantitative estimate of drug-likeness (QED) is 0.860. The molecule has 0 aliphatic rings. The van der Waals surface area contributed by atoms with Gasteiger partial charge in [0.25, 0.3) is 0 Å². The molecule has 1 rings (SSSR count). The summed E-state index contributed by atoms with van der Waals surface area (Å²) >= 11 is 5.85. The van der Waals surface area contributed by atoms with Crippen molar-refractivity contribution >= 4 is 17.5 Å². The van der Waals surface area contributed by atoms with Gasteiger partial charge in [0.05, 0.1) is 6.54 Å². The molecule has 3 nitrogen and oxygen atoms in total. The third-order valence-electron chi connectivity index (χ3n) is 2.58. The fourth-order valence-electron chi connectivity index (χ4n) is 1.70. The SMILES string of the molecule is CCN(CC(=O)NC(C)C)Cc1ccc(Cl)cc1. The van der Waals surface area contributed by atoms with Gasteiger partial charge in [-0.05, 0) is 38.1 Å². The van der Waals surface area contributed by atoms with Gasteiger partial charge in [-0.15, -0.1) is 0 Å². The molecule has 4 heteroatoms. The van der Waals surface area contributed by atoms with Crippen LogP contribution in [0.3, 0.4) is 0 Å². The molecule has 18 heavy (non-hydrogen) atoms. The number of hydrogen-bond acceptors (Lipinski definition) is 2. The first-order chi connectivity index (χ1) is 8.51. The van der Waals surface area contributed by atoms with E-state index < -0.39 is 0 Å². The van der Waals surface area contributed by atoms with Crippen molar-refractivity contribution in [1.82, 2.24) is 10.2 Å². The summed E-state index contributed by atoms with van der Waals surface area (Å²) in [5.41, 5.74) is 1.17. The Hall–Kier alpha value is -1.06. The largest absolute Gasteiger partial charge is 0.353 e. The van der Waals surface area contributed by atoms with Gasteiger partial charge in [-0.3, -0.25) is 9.69 Å². The molecule has 0 saturated carbocycles. The Kier molecular flexibility index (Phi) is 6.16. The summed E-state index contributed by atoms with van der Waals surface area (Å²) in [7, 11) is 0. The molecule has 0 aromatic heterocycles. The van der Waals surface area contributed by atoms with Crippen LogP contribution in [0.25, 0.3) is 0 Å². The van der Waals surface area contributed by atoms with Crippen LogP contribution in [0.5, 0.6) is 0 Å². The Bertz CT molecular complexity index is 376. The highest BCUT2D eigenvalue weighted by Crippen LogP contribution is 2.11. The lowest BCUT2D eigenvalue weighted by Gasteiger charge is -2.20. The number of rotatable bonds is 6. The Morgan fingerprint density at radius 3 is 2.44 bits per heavy atom. The first-order valence-corrected chi connectivity index (χ1v) is 6.65. The summed E-state index contributed by atoms with van der Waals surface area (Å²) in [5, 5.41) is 3.64. The van der Waals surface area contributed by atoms with E-state index in [0.717, 1.165) is 18.1 Å². The summed E-state index contributed by atoms with van der Waals surface area (Å²) < 4.78 is 0. The molecule has 0 radical (unpaired) electrons. The Balaban J connectivity index is 2.51. The van der Waals surface area contributed by atoms with Crippen LogP contribution in [0.2, 0.25) is 5.02 Å². The Labute approximate surface area is 114 Å². The van der Waals surface area contributed by atoms with Gasteiger partial charge in [-0.1, -0.05) is 30.7 Å². The fraction of sp³-hybridized carbons (Fsp3) is 0.500. The van der Waals surface area contributed by atoms with Crippen molar-refractivity contribution in [2.24, 2.45) is 0 Å². The van der Waals surface area contributed by atoms with Crippen LogP contribution in [-0.2, 0) is 11.3 Å². The smallest absolute Gasteiger partial charge is 0.234 e. The second kappa shape index (κ2) is 7.39. The van der Waals surface area contributed by atoms with Crippen LogP contribution >= 0.6 is 11.6 Å². The van der Waals surface area contributed by atoms with E-state index in [-0.39, 0.29) is 11.9 Å². The molecule has 0 saturated heterocycles. The molecule has 1 N–H and O–H groups in total. The van der Waals surface area contributed by atoms with Gasteiger partial charge in [-0.25, -0.2) is 0 Å². The Morgan fingerprint density at radius 2 is 1.94 bits per heavy atom. The van der Waals surface area contributed by atoms with Crippen LogP contribution in [0.15, 0.2) is 24.3 Å². The second-order valence-corrected chi connectivity index (χ2v) is 5.09. The number of carbonyl (C=O) groups is 1. The maximum absolute atomic E-state index is 11.7. The molecule has 100 valence electrons. The van der Waals surface area contributed by atoms with E-state index in [4.69, 9.17) is 11.6 Å². The maximum Gasteiger partial charge on any atom is 0.234 e. The molecule has 0 aliphatic heterocycles. The summed E-state index contributed by atoms with van der Waals surface area (Å²) in [5.74, 6) is 0.0702. The zero-order valence-corrected chi connectivity index (χ0v) is 12.0. The molecule has 1 aromatic rings. The molecular formula is C14H21ClN2O. The van der Waals surface area contributed by atoms with Crippen molar-refractivity contribution in [2.75, 3.05) is 13.1 Å². The minimum absolute atomic E-state index is 0.0702. The van der Waals surface area contributed by atoms with E-state index in [1.165, 1.54) is 5.56 Å². The number of amides is 1. The predicted molar refractivity (Wildman–Crippen MR) is 75.7 cm³/mol. The minimum Gasteiger partial charge on any atom is -0.353 e. The topological polar surface area (TPSA) is 32.3 Å². The van der Waals surface area contributed by atoms with Gasteiger partial charge in [0, 0.05) is 17.6 Å². The normalized spacial score (nSPS) is 11.0. The van der Waals surface area contributed by atoms with E-state index in [2.05, 4.69) is 17.1 Å². The molecule has 0 aliphatic carbocycles. The molecule has 0 atom stereocenters. The average molecular weight is 269 g/mol. The lowest BCUT2D eigenvalue weighted by Crippen LogP contribution is -2.39. The molecule has 0 unspecified atom stereocenters. The fourth-order valence-corrected chi connectivity index (χ4v) is 1.82. The summed E-state index contributed by atoms with van der Waals surface area (Å²) in [6.07, 6.45) is 0. The van der Waals surface area contributed by atoms with Gasteiger partial charge in [0.1, 0.15) is 0 Å². The molecule has 0 bridgehead atoms. The van der Waals surface area contributed by atoms with Gasteiger partial charge in [-0.2, -0.15) is 0 Å². The molecule has 1 amide bonds. The number of benzene rings is 1. The summed E-state index contributed by atoms with van der Waals surface area (Å²) in [6, 6.07) is 7.92. The molecule has 0 heterocycles. The Morgan fingerprint density at radius 1 is 1.33 bits per heavy atom. The highest BCUT2D eigenvalue weighted by atomic mass is 35.5. The van der Waals surface area contributed by atoms with Crippen molar-refractivity contribution in [3.8, 4) is 0 Å². The van der Waals surface area contributed by atoms with Crippen molar-refractivity contribution in [2.45, 2.75) is 33.4 Å². The first kappa shape index (κ1) is 15.0. The molecule has 1 aromatic carbocycles. The van der Waals surface area contributed by atoms with Crippen LogP contribution in [0.4, 0.5) is 0 Å². The van der Waals surface area contributed by atoms with Crippen LogP contribution in [0.1, 0.15) is 26.3 Å². The van der Waals surface area contributed by atoms with E-state index in [0.29, 0.717) is 6.54 Å². The predicted octanol–water partition coefficient (Wildman–Crippen LogP) is 2.69. The maximum atomic E-state index is 11.7. The van der Waals surface area contributed by atoms with Gasteiger partial charge < -0.3 is 5.32 Å². The lowest BCUT2D eigenvalue weighted by atomic mass is 10.2. The van der Waals surface area contributed by atoms with Gasteiger partial charge in [0.2, 0.25) is 5.91 Å². The molecule has 0 spiro atoms. The second-order valence-electron chi connectivity index (χ2n) is 4.65. The highest BCUT2D eigenvalue weighted by molar-refractivity contribution is 6.30. The first-order valence-electron chi connectivity index (χ1n) is 6.27. The third kappa shape index (κ3) is 5.52. The minimum atomic E-state index is 0.0702. The number of likely N-dealkylation sites (N-methyl/N-ethyl adjacent to an activating group) is 1. The standard InChI is InChI=1S/C14H21ClN2O/c1-4-17(10-14(18)16-11(2)3)9-12-5-7-13(15)8-6-12/h5-8,11H,4,9-10H2,1-3H3,(H,16,18). The van der Waals surface area contributed by atoms with Crippen molar-refractivity contribution in [3.63, 3.8) is 0 Å². The van der Waals surface area contributed by atoms with Gasteiger partial charge in [0.15, 0.2) is 0 Å². The van der Waals surface area contributed by atoms with Crippen LogP contribution in [0, 0.1) is 0 Å². The third-order valence-corrected chi connectivity index (χ3v) is 2.84. The van der Waals surface area contributed by atoms with E-state index in [1.54, 1.807) is 0 Å². The lowest BCUT2D eigenvalue weighted by molar-refractivity contribution is -0.122. The number of nitrogens with one attached hydrogen (secondary N) is 1. The van der Waals surface area contributed by atoms with Gasteiger partial charge >= 0.3 is 0 Å². The van der Waals surface area contributed by atoms with Crippen molar-refractivity contribution in [1.29, 1.82) is 0 Å². The van der Waals surface area contributed by atoms with Crippen molar-refractivity contribution < 1.29 is 4.79 Å². The zero-order chi connectivity index (χ0) is 13.5. The average Bonchev–Trinajstić information content (AvgIpc) is 2.30. The number of carbonyl (C=O) groups excluding carboxylic acids is 1. The van der Waals surface area contributed by atoms with Crippen LogP contribution in [-0.4, -0.2) is 29.9 Å². The molecular weight excluding hydrogens is 248 g/mol. The highest BCUT2D eigenvalue weighted by Gasteiger charge is 2.10. The van der Waals surface area contributed by atoms with E-state index in [1.807, 2.05) is 38.1 Å². The number of halogens is 1. The number of nitrogens with zero attached hydrogens (tertiary/aromatic N) is 1. The van der Waals surface area contributed by atoms with E-state index >= 15 is 0 Å². The molecule has 0 fully saturated rings. The summed E-state index contributed by atoms with van der Waals surface area (Å²) in [6.45, 7) is 8.02. The monoisotopic (exact) mass is 268 g/mol. The van der Waals surface area contributed by atoms with Crippen molar-refractivity contribution in [3.05, 3.63) is 34.9 Å². The van der Waals surface area contributed by atoms with E-state index in [9.17, 15) is 4.79 Å². The zero-order valence-electron chi connectivity index (χ0n) is 11.2. The number of hydrogen-bond donors (Lipinski definition) is 1.